The summed E-state index contributed by atoms with van der Waals surface area (Å²) < 4.78 is 0. The predicted molar refractivity (Wildman–Crippen MR) is 73.1 cm³/mol. The third-order valence-corrected chi connectivity index (χ3v) is 3.14. The van der Waals surface area contributed by atoms with Crippen LogP contribution in [0.5, 0.6) is 0 Å². The van der Waals surface area contributed by atoms with Crippen molar-refractivity contribution in [3.63, 3.8) is 0 Å². The SMILES string of the molecule is CCCNCCNCc1ccc(SC)cc1. The average molecular weight is 238 g/mol. The topological polar surface area (TPSA) is 24.1 Å². The summed E-state index contributed by atoms with van der Waals surface area (Å²) in [4.78, 5) is 1.33. The van der Waals surface area contributed by atoms with E-state index < -0.39 is 0 Å². The number of nitrogens with one attached hydrogen (secondary N) is 2. The molecular weight excluding hydrogens is 216 g/mol. The highest BCUT2D eigenvalue weighted by Gasteiger charge is 1.93. The Morgan fingerprint density at radius 3 is 2.31 bits per heavy atom. The first-order valence-corrected chi connectivity index (χ1v) is 7.13. The van der Waals surface area contributed by atoms with Crippen molar-refractivity contribution < 1.29 is 0 Å². The van der Waals surface area contributed by atoms with Gasteiger partial charge in [-0.3, -0.25) is 0 Å². The third kappa shape index (κ3) is 5.54. The summed E-state index contributed by atoms with van der Waals surface area (Å²) in [6.07, 6.45) is 3.31. The van der Waals surface area contributed by atoms with Gasteiger partial charge in [-0.15, -0.1) is 11.8 Å². The van der Waals surface area contributed by atoms with Gasteiger partial charge in [0.2, 0.25) is 0 Å². The molecule has 1 aromatic carbocycles. The van der Waals surface area contributed by atoms with Gasteiger partial charge in [0, 0.05) is 24.5 Å². The molecule has 1 rings (SSSR count). The molecule has 2 N–H and O–H groups in total. The minimum atomic E-state index is 0.961. The van der Waals surface area contributed by atoms with Crippen LogP contribution in [0.3, 0.4) is 0 Å². The molecule has 0 saturated heterocycles. The first-order valence-electron chi connectivity index (χ1n) is 5.91. The largest absolute Gasteiger partial charge is 0.315 e. The van der Waals surface area contributed by atoms with Gasteiger partial charge in [0.25, 0.3) is 0 Å². The lowest BCUT2D eigenvalue weighted by molar-refractivity contribution is 0.606. The van der Waals surface area contributed by atoms with Gasteiger partial charge in [-0.2, -0.15) is 0 Å². The monoisotopic (exact) mass is 238 g/mol. The van der Waals surface area contributed by atoms with Gasteiger partial charge in [0.1, 0.15) is 0 Å². The zero-order chi connectivity index (χ0) is 11.6. The zero-order valence-corrected chi connectivity index (χ0v) is 11.1. The van der Waals surface area contributed by atoms with E-state index >= 15 is 0 Å². The summed E-state index contributed by atoms with van der Waals surface area (Å²) in [5.74, 6) is 0. The van der Waals surface area contributed by atoms with E-state index in [2.05, 4.69) is 48.1 Å². The Kier molecular flexibility index (Phi) is 7.30. The van der Waals surface area contributed by atoms with Gasteiger partial charge < -0.3 is 10.6 Å². The molecule has 0 amide bonds. The normalized spacial score (nSPS) is 10.6. The van der Waals surface area contributed by atoms with Crippen molar-refractivity contribution >= 4 is 11.8 Å². The van der Waals surface area contributed by atoms with Crippen LogP contribution < -0.4 is 10.6 Å². The Bertz CT molecular complexity index is 272. The van der Waals surface area contributed by atoms with E-state index in [4.69, 9.17) is 0 Å². The molecule has 0 aliphatic rings. The van der Waals surface area contributed by atoms with Crippen LogP contribution in [0.25, 0.3) is 0 Å². The Labute approximate surface area is 103 Å². The highest BCUT2D eigenvalue weighted by atomic mass is 32.2. The van der Waals surface area contributed by atoms with E-state index in [1.165, 1.54) is 16.9 Å². The van der Waals surface area contributed by atoms with E-state index in [1.807, 2.05) is 0 Å². The Hall–Kier alpha value is -0.510. The Morgan fingerprint density at radius 2 is 1.69 bits per heavy atom. The summed E-state index contributed by atoms with van der Waals surface area (Å²) in [5, 5.41) is 6.80. The van der Waals surface area contributed by atoms with Gasteiger partial charge in [-0.05, 0) is 36.9 Å². The molecule has 0 radical (unpaired) electrons. The average Bonchev–Trinajstić information content (AvgIpc) is 2.34. The van der Waals surface area contributed by atoms with Crippen molar-refractivity contribution in [1.29, 1.82) is 0 Å². The maximum atomic E-state index is 3.43. The van der Waals surface area contributed by atoms with Crippen molar-refractivity contribution in [2.45, 2.75) is 24.8 Å². The first-order chi connectivity index (χ1) is 7.86. The molecule has 0 aliphatic carbocycles. The second-order valence-electron chi connectivity index (χ2n) is 3.77. The van der Waals surface area contributed by atoms with E-state index in [-0.39, 0.29) is 0 Å². The van der Waals surface area contributed by atoms with E-state index in [0.29, 0.717) is 0 Å². The van der Waals surface area contributed by atoms with Gasteiger partial charge in [-0.25, -0.2) is 0 Å². The summed E-state index contributed by atoms with van der Waals surface area (Å²) in [6, 6.07) is 8.74. The van der Waals surface area contributed by atoms with Gasteiger partial charge in [-0.1, -0.05) is 19.1 Å². The van der Waals surface area contributed by atoms with Crippen LogP contribution in [0.15, 0.2) is 29.2 Å². The molecule has 0 aromatic heterocycles. The minimum Gasteiger partial charge on any atom is -0.315 e. The molecule has 0 aliphatic heterocycles. The number of thioether (sulfide) groups is 1. The molecular formula is C13H22N2S. The lowest BCUT2D eigenvalue weighted by Gasteiger charge is -2.06. The molecule has 1 aromatic rings. The number of hydrogen-bond donors (Lipinski definition) is 2. The van der Waals surface area contributed by atoms with Crippen LogP contribution in [-0.2, 0) is 6.54 Å². The van der Waals surface area contributed by atoms with Crippen LogP contribution >= 0.6 is 11.8 Å². The number of hydrogen-bond acceptors (Lipinski definition) is 3. The zero-order valence-electron chi connectivity index (χ0n) is 10.3. The van der Waals surface area contributed by atoms with Crippen molar-refractivity contribution in [1.82, 2.24) is 10.6 Å². The van der Waals surface area contributed by atoms with Gasteiger partial charge in [0.15, 0.2) is 0 Å². The lowest BCUT2D eigenvalue weighted by atomic mass is 10.2. The van der Waals surface area contributed by atoms with Crippen molar-refractivity contribution in [3.8, 4) is 0 Å². The summed E-state index contributed by atoms with van der Waals surface area (Å²) in [6.45, 7) is 6.35. The standard InChI is InChI=1S/C13H22N2S/c1-3-8-14-9-10-15-11-12-4-6-13(16-2)7-5-12/h4-7,14-15H,3,8-11H2,1-2H3. The van der Waals surface area contributed by atoms with Crippen molar-refractivity contribution in [2.24, 2.45) is 0 Å². The quantitative estimate of drug-likeness (QED) is 0.537. The molecule has 0 atom stereocenters. The number of rotatable bonds is 8. The Morgan fingerprint density at radius 1 is 1.00 bits per heavy atom. The van der Waals surface area contributed by atoms with Crippen molar-refractivity contribution in [3.05, 3.63) is 29.8 Å². The van der Waals surface area contributed by atoms with Crippen LogP contribution in [-0.4, -0.2) is 25.9 Å². The highest BCUT2D eigenvalue weighted by molar-refractivity contribution is 7.98. The molecule has 2 nitrogen and oxygen atoms in total. The van der Waals surface area contributed by atoms with Crippen LogP contribution in [0, 0.1) is 0 Å². The van der Waals surface area contributed by atoms with Crippen LogP contribution in [0.4, 0.5) is 0 Å². The number of benzene rings is 1. The maximum Gasteiger partial charge on any atom is 0.0206 e. The summed E-state index contributed by atoms with van der Waals surface area (Å²) in [7, 11) is 0. The summed E-state index contributed by atoms with van der Waals surface area (Å²) in [5.41, 5.74) is 1.35. The second kappa shape index (κ2) is 8.62. The fourth-order valence-electron chi connectivity index (χ4n) is 1.45. The van der Waals surface area contributed by atoms with Gasteiger partial charge in [0.05, 0.1) is 0 Å². The summed E-state index contributed by atoms with van der Waals surface area (Å²) >= 11 is 1.78. The molecule has 0 fully saturated rings. The molecule has 0 unspecified atom stereocenters. The predicted octanol–water partition coefficient (Wildman–Crippen LogP) is 2.50. The fraction of sp³-hybridized carbons (Fsp3) is 0.538. The lowest BCUT2D eigenvalue weighted by Crippen LogP contribution is -2.27. The highest BCUT2D eigenvalue weighted by Crippen LogP contribution is 2.14. The molecule has 0 heterocycles. The minimum absolute atomic E-state index is 0.961. The van der Waals surface area contributed by atoms with E-state index in [0.717, 1.165) is 26.2 Å². The molecule has 16 heavy (non-hydrogen) atoms. The second-order valence-corrected chi connectivity index (χ2v) is 4.65. The smallest absolute Gasteiger partial charge is 0.0206 e. The van der Waals surface area contributed by atoms with Gasteiger partial charge >= 0.3 is 0 Å². The molecule has 90 valence electrons. The molecule has 3 heteroatoms. The van der Waals surface area contributed by atoms with E-state index in [1.54, 1.807) is 11.8 Å². The third-order valence-electron chi connectivity index (χ3n) is 2.39. The van der Waals surface area contributed by atoms with Crippen LogP contribution in [0.2, 0.25) is 0 Å². The maximum absolute atomic E-state index is 3.43. The van der Waals surface area contributed by atoms with Crippen molar-refractivity contribution in [2.75, 3.05) is 25.9 Å². The first kappa shape index (κ1) is 13.6. The Balaban J connectivity index is 2.12. The molecule has 0 bridgehead atoms. The molecule has 0 spiro atoms. The van der Waals surface area contributed by atoms with Crippen LogP contribution in [0.1, 0.15) is 18.9 Å². The van der Waals surface area contributed by atoms with E-state index in [9.17, 15) is 0 Å². The molecule has 0 saturated carbocycles. The fourth-order valence-corrected chi connectivity index (χ4v) is 1.86.